The summed E-state index contributed by atoms with van der Waals surface area (Å²) in [5, 5.41) is 6.42. The number of carbonyl (C=O) groups is 1. The SMILES string of the molecule is CC(C)(C)OCC1NCCNC1C=O. The van der Waals surface area contributed by atoms with Crippen LogP contribution in [0.3, 0.4) is 0 Å². The van der Waals surface area contributed by atoms with Gasteiger partial charge in [-0.05, 0) is 20.8 Å². The largest absolute Gasteiger partial charge is 0.374 e. The van der Waals surface area contributed by atoms with Crippen LogP contribution in [0.5, 0.6) is 0 Å². The van der Waals surface area contributed by atoms with Gasteiger partial charge in [-0.25, -0.2) is 0 Å². The molecule has 1 rings (SSSR count). The number of piperazine rings is 1. The predicted molar refractivity (Wildman–Crippen MR) is 55.4 cm³/mol. The molecule has 0 aromatic carbocycles. The van der Waals surface area contributed by atoms with Crippen molar-refractivity contribution in [1.82, 2.24) is 10.6 Å². The van der Waals surface area contributed by atoms with E-state index in [1.54, 1.807) is 0 Å². The second-order valence-corrected chi connectivity index (χ2v) is 4.60. The Kier molecular flexibility index (Phi) is 4.04. The molecular weight excluding hydrogens is 180 g/mol. The molecule has 4 nitrogen and oxygen atoms in total. The summed E-state index contributed by atoms with van der Waals surface area (Å²) in [5.74, 6) is 0. The first-order valence-electron chi connectivity index (χ1n) is 5.09. The summed E-state index contributed by atoms with van der Waals surface area (Å²) in [6, 6.07) is -0.0217. The van der Waals surface area contributed by atoms with Gasteiger partial charge in [0.1, 0.15) is 6.29 Å². The van der Waals surface area contributed by atoms with Crippen LogP contribution in [0, 0.1) is 0 Å². The number of nitrogens with one attached hydrogen (secondary N) is 2. The van der Waals surface area contributed by atoms with Crippen molar-refractivity contribution in [1.29, 1.82) is 0 Å². The summed E-state index contributed by atoms with van der Waals surface area (Å²) in [7, 11) is 0. The van der Waals surface area contributed by atoms with Gasteiger partial charge in [0, 0.05) is 13.1 Å². The normalized spacial score (nSPS) is 28.8. The Morgan fingerprint density at radius 1 is 1.36 bits per heavy atom. The first-order chi connectivity index (χ1) is 6.53. The Labute approximate surface area is 85.4 Å². The molecule has 0 saturated carbocycles. The molecule has 0 spiro atoms. The molecule has 0 aliphatic carbocycles. The minimum atomic E-state index is -0.146. The van der Waals surface area contributed by atoms with Crippen molar-refractivity contribution in [2.45, 2.75) is 38.5 Å². The quantitative estimate of drug-likeness (QED) is 0.626. The number of hydrogen-bond donors (Lipinski definition) is 2. The monoisotopic (exact) mass is 200 g/mol. The number of aldehydes is 1. The van der Waals surface area contributed by atoms with Gasteiger partial charge in [0.2, 0.25) is 0 Å². The van der Waals surface area contributed by atoms with Crippen LogP contribution in [-0.2, 0) is 9.53 Å². The third-order valence-corrected chi connectivity index (χ3v) is 2.19. The molecule has 1 aliphatic rings. The minimum Gasteiger partial charge on any atom is -0.374 e. The van der Waals surface area contributed by atoms with Crippen LogP contribution in [0.15, 0.2) is 0 Å². The predicted octanol–water partition coefficient (Wildman–Crippen LogP) is -0.0696. The molecule has 0 bridgehead atoms. The lowest BCUT2D eigenvalue weighted by atomic mass is 10.1. The summed E-state index contributed by atoms with van der Waals surface area (Å²) in [5.41, 5.74) is -0.146. The fraction of sp³-hybridized carbons (Fsp3) is 0.900. The third-order valence-electron chi connectivity index (χ3n) is 2.19. The van der Waals surface area contributed by atoms with Crippen molar-refractivity contribution < 1.29 is 9.53 Å². The van der Waals surface area contributed by atoms with Crippen molar-refractivity contribution in [2.75, 3.05) is 19.7 Å². The molecule has 1 heterocycles. The van der Waals surface area contributed by atoms with Crippen molar-refractivity contribution in [2.24, 2.45) is 0 Å². The molecule has 4 heteroatoms. The van der Waals surface area contributed by atoms with Gasteiger partial charge in [-0.15, -0.1) is 0 Å². The van der Waals surface area contributed by atoms with Gasteiger partial charge in [-0.1, -0.05) is 0 Å². The third kappa shape index (κ3) is 3.74. The van der Waals surface area contributed by atoms with Crippen LogP contribution in [0.25, 0.3) is 0 Å². The Morgan fingerprint density at radius 2 is 2.00 bits per heavy atom. The van der Waals surface area contributed by atoms with E-state index in [0.717, 1.165) is 19.4 Å². The van der Waals surface area contributed by atoms with E-state index in [4.69, 9.17) is 4.74 Å². The van der Waals surface area contributed by atoms with E-state index in [2.05, 4.69) is 10.6 Å². The van der Waals surface area contributed by atoms with Gasteiger partial charge < -0.3 is 20.2 Å². The van der Waals surface area contributed by atoms with E-state index in [0.29, 0.717) is 6.61 Å². The molecule has 1 fully saturated rings. The molecule has 0 amide bonds. The first kappa shape index (κ1) is 11.6. The van der Waals surface area contributed by atoms with Crippen LogP contribution in [0.1, 0.15) is 20.8 Å². The number of carbonyl (C=O) groups excluding carboxylic acids is 1. The van der Waals surface area contributed by atoms with Gasteiger partial charge in [-0.2, -0.15) is 0 Å². The minimum absolute atomic E-state index is 0.0977. The molecule has 1 aliphatic heterocycles. The van der Waals surface area contributed by atoms with Crippen LogP contribution in [0.4, 0.5) is 0 Å². The molecule has 2 N–H and O–H groups in total. The molecule has 2 unspecified atom stereocenters. The van der Waals surface area contributed by atoms with Crippen molar-refractivity contribution in [3.8, 4) is 0 Å². The summed E-state index contributed by atoms with van der Waals surface area (Å²) >= 11 is 0. The Morgan fingerprint density at radius 3 is 2.57 bits per heavy atom. The molecule has 0 aromatic rings. The van der Waals surface area contributed by atoms with E-state index in [-0.39, 0.29) is 17.7 Å². The van der Waals surface area contributed by atoms with E-state index in [1.165, 1.54) is 0 Å². The smallest absolute Gasteiger partial charge is 0.138 e. The van der Waals surface area contributed by atoms with E-state index in [9.17, 15) is 4.79 Å². The van der Waals surface area contributed by atoms with Crippen LogP contribution in [-0.4, -0.2) is 43.7 Å². The zero-order valence-electron chi connectivity index (χ0n) is 9.17. The highest BCUT2D eigenvalue weighted by molar-refractivity contribution is 5.59. The summed E-state index contributed by atoms with van der Waals surface area (Å²) in [6.45, 7) is 8.34. The van der Waals surface area contributed by atoms with Crippen LogP contribution >= 0.6 is 0 Å². The maximum Gasteiger partial charge on any atom is 0.138 e. The fourth-order valence-electron chi connectivity index (χ4n) is 1.41. The highest BCUT2D eigenvalue weighted by Crippen LogP contribution is 2.08. The van der Waals surface area contributed by atoms with Gasteiger partial charge in [0.15, 0.2) is 0 Å². The van der Waals surface area contributed by atoms with Crippen molar-refractivity contribution in [3.05, 3.63) is 0 Å². The molecule has 82 valence electrons. The van der Waals surface area contributed by atoms with Crippen LogP contribution in [0.2, 0.25) is 0 Å². The van der Waals surface area contributed by atoms with Gasteiger partial charge in [-0.3, -0.25) is 0 Å². The van der Waals surface area contributed by atoms with Crippen molar-refractivity contribution >= 4 is 6.29 Å². The maximum absolute atomic E-state index is 10.7. The Hall–Kier alpha value is -0.450. The van der Waals surface area contributed by atoms with Crippen molar-refractivity contribution in [3.63, 3.8) is 0 Å². The Bertz CT molecular complexity index is 189. The fourth-order valence-corrected chi connectivity index (χ4v) is 1.41. The molecule has 0 radical (unpaired) electrons. The zero-order chi connectivity index (χ0) is 10.6. The lowest BCUT2D eigenvalue weighted by Crippen LogP contribution is -2.59. The Balaban J connectivity index is 2.37. The van der Waals surface area contributed by atoms with Crippen LogP contribution < -0.4 is 10.6 Å². The zero-order valence-corrected chi connectivity index (χ0v) is 9.17. The topological polar surface area (TPSA) is 50.4 Å². The second-order valence-electron chi connectivity index (χ2n) is 4.60. The number of ether oxygens (including phenoxy) is 1. The summed E-state index contributed by atoms with van der Waals surface area (Å²) in [4.78, 5) is 10.7. The molecule has 0 aromatic heterocycles. The van der Waals surface area contributed by atoms with E-state index in [1.807, 2.05) is 20.8 Å². The summed E-state index contributed by atoms with van der Waals surface area (Å²) < 4.78 is 5.64. The van der Waals surface area contributed by atoms with Gasteiger partial charge >= 0.3 is 0 Å². The highest BCUT2D eigenvalue weighted by Gasteiger charge is 2.25. The molecule has 2 atom stereocenters. The number of rotatable bonds is 3. The van der Waals surface area contributed by atoms with E-state index >= 15 is 0 Å². The second kappa shape index (κ2) is 4.87. The number of hydrogen-bond acceptors (Lipinski definition) is 4. The summed E-state index contributed by atoms with van der Waals surface area (Å²) in [6.07, 6.45) is 0.947. The molecular formula is C10H20N2O2. The average Bonchev–Trinajstić information content (AvgIpc) is 2.14. The first-order valence-corrected chi connectivity index (χ1v) is 5.09. The standard InChI is InChI=1S/C10H20N2O2/c1-10(2,3)14-7-9-8(6-13)11-4-5-12-9/h6,8-9,11-12H,4-5,7H2,1-3H3. The van der Waals surface area contributed by atoms with Gasteiger partial charge in [0.25, 0.3) is 0 Å². The lowest BCUT2D eigenvalue weighted by molar-refractivity contribution is -0.111. The average molecular weight is 200 g/mol. The maximum atomic E-state index is 10.7. The van der Waals surface area contributed by atoms with E-state index < -0.39 is 0 Å². The van der Waals surface area contributed by atoms with Gasteiger partial charge in [0.05, 0.1) is 24.3 Å². The lowest BCUT2D eigenvalue weighted by Gasteiger charge is -2.32. The molecule has 14 heavy (non-hydrogen) atoms. The highest BCUT2D eigenvalue weighted by atomic mass is 16.5. The molecule has 1 saturated heterocycles.